The Balaban J connectivity index is 3.59. The fourth-order valence-corrected chi connectivity index (χ4v) is 1.67. The molecule has 1 atom stereocenters. The number of sulfonamides is 1. The van der Waals surface area contributed by atoms with E-state index >= 15 is 0 Å². The molecule has 0 aliphatic heterocycles. The van der Waals surface area contributed by atoms with Crippen LogP contribution in [-0.2, 0) is 14.8 Å². The first kappa shape index (κ1) is 15.3. The molecule has 0 saturated carbocycles. The van der Waals surface area contributed by atoms with Crippen LogP contribution in [0, 0.1) is 0 Å². The third-order valence-corrected chi connectivity index (χ3v) is 3.43. The van der Waals surface area contributed by atoms with Crippen LogP contribution in [0.5, 0.6) is 0 Å². The van der Waals surface area contributed by atoms with Crippen LogP contribution in [0.15, 0.2) is 0 Å². The van der Waals surface area contributed by atoms with E-state index in [9.17, 15) is 13.2 Å². The summed E-state index contributed by atoms with van der Waals surface area (Å²) >= 11 is 0. The van der Waals surface area contributed by atoms with Gasteiger partial charge in [0.25, 0.3) is 0 Å². The van der Waals surface area contributed by atoms with Gasteiger partial charge >= 0.3 is 0 Å². The predicted molar refractivity (Wildman–Crippen MR) is 63.4 cm³/mol. The molecule has 0 spiro atoms. The molecule has 0 aromatic heterocycles. The first-order valence-electron chi connectivity index (χ1n) is 5.31. The highest BCUT2D eigenvalue weighted by atomic mass is 32.2. The van der Waals surface area contributed by atoms with Crippen molar-refractivity contribution in [3.8, 4) is 0 Å². The Kier molecular flexibility index (Phi) is 7.27. The van der Waals surface area contributed by atoms with E-state index in [0.29, 0.717) is 6.42 Å². The third-order valence-electron chi connectivity index (χ3n) is 2.07. The summed E-state index contributed by atoms with van der Waals surface area (Å²) in [4.78, 5) is 11.2. The summed E-state index contributed by atoms with van der Waals surface area (Å²) in [6, 6.07) is 0.0949. The first-order valence-corrected chi connectivity index (χ1v) is 6.96. The largest absolute Gasteiger partial charge is 0.355 e. The van der Waals surface area contributed by atoms with Crippen LogP contribution in [0.25, 0.3) is 0 Å². The van der Waals surface area contributed by atoms with Gasteiger partial charge in [0.15, 0.2) is 0 Å². The number of carbonyl (C=O) groups excluding carboxylic acids is 1. The molecule has 4 N–H and O–H groups in total. The molecule has 16 heavy (non-hydrogen) atoms. The van der Waals surface area contributed by atoms with Gasteiger partial charge in [0.05, 0.1) is 5.75 Å². The number of carbonyl (C=O) groups is 1. The molecule has 0 fully saturated rings. The van der Waals surface area contributed by atoms with Crippen LogP contribution in [0.3, 0.4) is 0 Å². The molecule has 6 nitrogen and oxygen atoms in total. The van der Waals surface area contributed by atoms with Crippen molar-refractivity contribution in [1.82, 2.24) is 10.0 Å². The standard InChI is InChI=1S/C9H21N3O3S/c1-8(10)4-3-5-9(13)12-6-7-16(14,15)11-2/h8,11H,3-7,10H2,1-2H3,(H,12,13). The monoisotopic (exact) mass is 251 g/mol. The van der Waals surface area contributed by atoms with Crippen LogP contribution < -0.4 is 15.8 Å². The summed E-state index contributed by atoms with van der Waals surface area (Å²) in [6.45, 7) is 2.03. The summed E-state index contributed by atoms with van der Waals surface area (Å²) in [5.74, 6) is -0.227. The number of nitrogens with one attached hydrogen (secondary N) is 2. The Hall–Kier alpha value is -0.660. The fraction of sp³-hybridized carbons (Fsp3) is 0.889. The Labute approximate surface area is 97.0 Å². The summed E-state index contributed by atoms with van der Waals surface area (Å²) in [6.07, 6.45) is 1.91. The van der Waals surface area contributed by atoms with Gasteiger partial charge in [-0.2, -0.15) is 0 Å². The Bertz CT molecular complexity index is 301. The maximum absolute atomic E-state index is 11.2. The number of rotatable bonds is 8. The lowest BCUT2D eigenvalue weighted by Crippen LogP contribution is -2.32. The second-order valence-corrected chi connectivity index (χ2v) is 5.79. The predicted octanol–water partition coefficient (Wildman–Crippen LogP) is -0.831. The molecule has 1 unspecified atom stereocenters. The summed E-state index contributed by atoms with van der Waals surface area (Å²) in [5.41, 5.74) is 5.53. The quantitative estimate of drug-likeness (QED) is 0.524. The number of nitrogens with two attached hydrogens (primary N) is 1. The van der Waals surface area contributed by atoms with E-state index in [1.54, 1.807) is 0 Å². The van der Waals surface area contributed by atoms with E-state index in [4.69, 9.17) is 5.73 Å². The van der Waals surface area contributed by atoms with Crippen LogP contribution in [0.1, 0.15) is 26.2 Å². The smallest absolute Gasteiger partial charge is 0.220 e. The molecule has 0 radical (unpaired) electrons. The highest BCUT2D eigenvalue weighted by Crippen LogP contribution is 1.97. The van der Waals surface area contributed by atoms with Gasteiger partial charge in [-0.25, -0.2) is 13.1 Å². The van der Waals surface area contributed by atoms with Crippen molar-refractivity contribution >= 4 is 15.9 Å². The topological polar surface area (TPSA) is 101 Å². The molecule has 0 aromatic rings. The molecule has 0 rings (SSSR count). The SMILES string of the molecule is CNS(=O)(=O)CCNC(=O)CCCC(C)N. The van der Waals surface area contributed by atoms with Gasteiger partial charge in [-0.05, 0) is 26.8 Å². The maximum Gasteiger partial charge on any atom is 0.220 e. The second kappa shape index (κ2) is 7.59. The normalized spacial score (nSPS) is 13.4. The van der Waals surface area contributed by atoms with Crippen molar-refractivity contribution in [2.24, 2.45) is 5.73 Å². The minimum absolute atomic E-state index is 0.0947. The molecular formula is C9H21N3O3S. The lowest BCUT2D eigenvalue weighted by atomic mass is 10.1. The Morgan fingerprint density at radius 2 is 2.06 bits per heavy atom. The zero-order chi connectivity index (χ0) is 12.6. The van der Waals surface area contributed by atoms with Crippen LogP contribution >= 0.6 is 0 Å². The van der Waals surface area contributed by atoms with Crippen LogP contribution in [0.2, 0.25) is 0 Å². The molecule has 7 heteroatoms. The average molecular weight is 251 g/mol. The molecule has 0 aliphatic rings. The van der Waals surface area contributed by atoms with Gasteiger partial charge in [-0.15, -0.1) is 0 Å². The number of hydrogen-bond acceptors (Lipinski definition) is 4. The maximum atomic E-state index is 11.2. The summed E-state index contributed by atoms with van der Waals surface area (Å²) < 4.78 is 24.2. The van der Waals surface area contributed by atoms with Gasteiger partial charge in [0.1, 0.15) is 0 Å². The Morgan fingerprint density at radius 1 is 1.44 bits per heavy atom. The number of amides is 1. The third kappa shape index (κ3) is 8.63. The molecule has 1 amide bonds. The first-order chi connectivity index (χ1) is 7.37. The average Bonchev–Trinajstić information content (AvgIpc) is 2.17. The molecule has 96 valence electrons. The lowest BCUT2D eigenvalue weighted by Gasteiger charge is -2.06. The van der Waals surface area contributed by atoms with E-state index in [2.05, 4.69) is 10.0 Å². The van der Waals surface area contributed by atoms with E-state index in [0.717, 1.165) is 12.8 Å². The van der Waals surface area contributed by atoms with Crippen molar-refractivity contribution in [2.75, 3.05) is 19.3 Å². The van der Waals surface area contributed by atoms with Crippen LogP contribution in [0.4, 0.5) is 0 Å². The van der Waals surface area contributed by atoms with Gasteiger partial charge in [0, 0.05) is 19.0 Å². The number of hydrogen-bond donors (Lipinski definition) is 3. The molecular weight excluding hydrogens is 230 g/mol. The van der Waals surface area contributed by atoms with Gasteiger partial charge < -0.3 is 11.1 Å². The van der Waals surface area contributed by atoms with Crippen molar-refractivity contribution in [3.05, 3.63) is 0 Å². The minimum atomic E-state index is -3.23. The summed E-state index contributed by atoms with van der Waals surface area (Å²) in [7, 11) is -1.89. The fourth-order valence-electron chi connectivity index (χ4n) is 1.10. The van der Waals surface area contributed by atoms with Crippen molar-refractivity contribution < 1.29 is 13.2 Å². The second-order valence-electron chi connectivity index (χ2n) is 3.74. The van der Waals surface area contributed by atoms with Crippen molar-refractivity contribution in [3.63, 3.8) is 0 Å². The van der Waals surface area contributed by atoms with E-state index in [-0.39, 0.29) is 24.2 Å². The zero-order valence-electron chi connectivity index (χ0n) is 9.82. The van der Waals surface area contributed by atoms with E-state index in [1.807, 2.05) is 6.92 Å². The minimum Gasteiger partial charge on any atom is -0.355 e. The Morgan fingerprint density at radius 3 is 2.56 bits per heavy atom. The summed E-state index contributed by atoms with van der Waals surface area (Å²) in [5, 5.41) is 2.55. The van der Waals surface area contributed by atoms with Crippen molar-refractivity contribution in [1.29, 1.82) is 0 Å². The van der Waals surface area contributed by atoms with Crippen LogP contribution in [-0.4, -0.2) is 39.7 Å². The van der Waals surface area contributed by atoms with Crippen molar-refractivity contribution in [2.45, 2.75) is 32.2 Å². The molecule has 0 aliphatic carbocycles. The van der Waals surface area contributed by atoms with Gasteiger partial charge in [0.2, 0.25) is 15.9 Å². The zero-order valence-corrected chi connectivity index (χ0v) is 10.6. The highest BCUT2D eigenvalue weighted by molar-refractivity contribution is 7.89. The van der Waals surface area contributed by atoms with E-state index < -0.39 is 10.0 Å². The molecule has 0 aromatic carbocycles. The molecule has 0 saturated heterocycles. The van der Waals surface area contributed by atoms with Gasteiger partial charge in [-0.1, -0.05) is 0 Å². The molecule has 0 heterocycles. The molecule has 0 bridgehead atoms. The van der Waals surface area contributed by atoms with E-state index in [1.165, 1.54) is 7.05 Å². The van der Waals surface area contributed by atoms with Gasteiger partial charge in [-0.3, -0.25) is 4.79 Å². The highest BCUT2D eigenvalue weighted by Gasteiger charge is 2.07. The lowest BCUT2D eigenvalue weighted by molar-refractivity contribution is -0.121.